The van der Waals surface area contributed by atoms with Crippen molar-refractivity contribution in [2.45, 2.75) is 32.2 Å². The lowest BCUT2D eigenvalue weighted by molar-refractivity contribution is -0.00655. The normalized spacial score (nSPS) is 25.3. The highest BCUT2D eigenvalue weighted by Gasteiger charge is 2.51. The van der Waals surface area contributed by atoms with Gasteiger partial charge < -0.3 is 5.32 Å². The van der Waals surface area contributed by atoms with E-state index in [9.17, 15) is 8.42 Å². The van der Waals surface area contributed by atoms with E-state index in [1.807, 2.05) is 6.92 Å². The van der Waals surface area contributed by atoms with Crippen LogP contribution in [0.2, 0.25) is 0 Å². The topological polar surface area (TPSA) is 75.4 Å². The van der Waals surface area contributed by atoms with Crippen molar-refractivity contribution in [3.05, 3.63) is 0 Å². The van der Waals surface area contributed by atoms with Crippen LogP contribution in [0, 0.1) is 5.41 Å². The molecule has 1 heterocycles. The smallest absolute Gasteiger partial charge is 0.277 e. The zero-order valence-electron chi connectivity index (χ0n) is 9.07. The molecule has 0 aromatic rings. The molecular formula is C9H19N3O2S. The molecule has 3 N–H and O–H groups in total. The highest BCUT2D eigenvalue weighted by Crippen LogP contribution is 2.46. The summed E-state index contributed by atoms with van der Waals surface area (Å²) in [5.41, 5.74) is 0.390. The van der Waals surface area contributed by atoms with E-state index >= 15 is 0 Å². The van der Waals surface area contributed by atoms with Gasteiger partial charge in [0.05, 0.1) is 0 Å². The van der Waals surface area contributed by atoms with Crippen LogP contribution in [-0.4, -0.2) is 38.4 Å². The fourth-order valence-corrected chi connectivity index (χ4v) is 3.65. The molecule has 2 rings (SSSR count). The van der Waals surface area contributed by atoms with Gasteiger partial charge in [-0.1, -0.05) is 6.92 Å². The predicted molar refractivity (Wildman–Crippen MR) is 58.4 cm³/mol. The van der Waals surface area contributed by atoms with Gasteiger partial charge in [0, 0.05) is 25.7 Å². The minimum absolute atomic E-state index is 0.141. The molecule has 2 fully saturated rings. The maximum Gasteiger partial charge on any atom is 0.277 e. The van der Waals surface area contributed by atoms with Crippen molar-refractivity contribution in [1.82, 2.24) is 9.62 Å². The lowest BCUT2D eigenvalue weighted by Gasteiger charge is -2.56. The molecular weight excluding hydrogens is 214 g/mol. The van der Waals surface area contributed by atoms with Gasteiger partial charge in [0.1, 0.15) is 0 Å². The molecule has 1 saturated heterocycles. The molecule has 0 aromatic heterocycles. The molecule has 1 aliphatic heterocycles. The van der Waals surface area contributed by atoms with Crippen molar-refractivity contribution in [3.8, 4) is 0 Å². The number of hydrogen-bond acceptors (Lipinski definition) is 3. The number of nitrogens with one attached hydrogen (secondary N) is 1. The van der Waals surface area contributed by atoms with Crippen LogP contribution in [0.15, 0.2) is 0 Å². The van der Waals surface area contributed by atoms with Crippen molar-refractivity contribution in [2.75, 3.05) is 19.6 Å². The summed E-state index contributed by atoms with van der Waals surface area (Å²) in [6, 6.07) is 0.141. The largest absolute Gasteiger partial charge is 0.316 e. The first-order chi connectivity index (χ1) is 6.97. The Kier molecular flexibility index (Phi) is 2.79. The van der Waals surface area contributed by atoms with Crippen LogP contribution < -0.4 is 10.5 Å². The molecule has 1 saturated carbocycles. The third kappa shape index (κ3) is 2.04. The fourth-order valence-electron chi connectivity index (χ4n) is 2.65. The lowest BCUT2D eigenvalue weighted by atomic mass is 9.61. The van der Waals surface area contributed by atoms with E-state index in [4.69, 9.17) is 5.14 Å². The molecule has 0 aromatic carbocycles. The van der Waals surface area contributed by atoms with Crippen LogP contribution >= 0.6 is 0 Å². The summed E-state index contributed by atoms with van der Waals surface area (Å²) in [7, 11) is -3.51. The van der Waals surface area contributed by atoms with E-state index in [2.05, 4.69) is 5.32 Å². The first kappa shape index (κ1) is 11.3. The minimum Gasteiger partial charge on any atom is -0.316 e. The average molecular weight is 233 g/mol. The molecule has 0 atom stereocenters. The van der Waals surface area contributed by atoms with Crippen LogP contribution in [0.1, 0.15) is 26.2 Å². The molecule has 0 amide bonds. The maximum absolute atomic E-state index is 11.4. The third-order valence-corrected chi connectivity index (χ3v) is 4.65. The lowest BCUT2D eigenvalue weighted by Crippen LogP contribution is -2.66. The fraction of sp³-hybridized carbons (Fsp3) is 1.00. The maximum atomic E-state index is 11.4. The SMILES string of the molecule is CCCN(C1CC2(CNC2)C1)S(N)(=O)=O. The Morgan fingerprint density at radius 1 is 1.47 bits per heavy atom. The summed E-state index contributed by atoms with van der Waals surface area (Å²) >= 11 is 0. The van der Waals surface area contributed by atoms with Gasteiger partial charge in [-0.2, -0.15) is 12.7 Å². The highest BCUT2D eigenvalue weighted by molar-refractivity contribution is 7.86. The number of nitrogens with two attached hydrogens (primary N) is 1. The Morgan fingerprint density at radius 3 is 2.40 bits per heavy atom. The Hall–Kier alpha value is -0.170. The number of rotatable bonds is 4. The first-order valence-electron chi connectivity index (χ1n) is 5.47. The van der Waals surface area contributed by atoms with Crippen LogP contribution in [0.4, 0.5) is 0 Å². The van der Waals surface area contributed by atoms with Crippen LogP contribution in [0.5, 0.6) is 0 Å². The second-order valence-corrected chi connectivity index (χ2v) is 6.32. The summed E-state index contributed by atoms with van der Waals surface area (Å²) in [4.78, 5) is 0. The highest BCUT2D eigenvalue weighted by atomic mass is 32.2. The summed E-state index contributed by atoms with van der Waals surface area (Å²) in [6.45, 7) is 4.59. The van der Waals surface area contributed by atoms with E-state index in [0.29, 0.717) is 12.0 Å². The molecule has 0 bridgehead atoms. The van der Waals surface area contributed by atoms with Crippen molar-refractivity contribution in [3.63, 3.8) is 0 Å². The standard InChI is InChI=1S/C9H19N3O2S/c1-2-3-12(15(10,13)14)8-4-9(5-8)6-11-7-9/h8,11H,2-7H2,1H3,(H2,10,13,14). The Morgan fingerprint density at radius 2 is 2.07 bits per heavy atom. The van der Waals surface area contributed by atoms with Gasteiger partial charge >= 0.3 is 0 Å². The Bertz CT molecular complexity index is 329. The van der Waals surface area contributed by atoms with Gasteiger partial charge in [-0.05, 0) is 24.7 Å². The quantitative estimate of drug-likeness (QED) is 0.697. The molecule has 5 nitrogen and oxygen atoms in total. The summed E-state index contributed by atoms with van der Waals surface area (Å²) < 4.78 is 24.2. The molecule has 0 unspecified atom stereocenters. The first-order valence-corrected chi connectivity index (χ1v) is 6.97. The summed E-state index contributed by atoms with van der Waals surface area (Å²) in [5.74, 6) is 0. The third-order valence-electron chi connectivity index (χ3n) is 3.52. The van der Waals surface area contributed by atoms with Gasteiger partial charge in [-0.3, -0.25) is 0 Å². The van der Waals surface area contributed by atoms with E-state index in [-0.39, 0.29) is 6.04 Å². The molecule has 1 aliphatic carbocycles. The molecule has 1 spiro atoms. The summed E-state index contributed by atoms with van der Waals surface area (Å²) in [5, 5.41) is 8.44. The van der Waals surface area contributed by atoms with Crippen molar-refractivity contribution < 1.29 is 8.42 Å². The second-order valence-electron chi connectivity index (χ2n) is 4.82. The van der Waals surface area contributed by atoms with Gasteiger partial charge in [0.25, 0.3) is 10.2 Å². The van der Waals surface area contributed by atoms with Gasteiger partial charge in [-0.15, -0.1) is 0 Å². The van der Waals surface area contributed by atoms with Gasteiger partial charge in [0.2, 0.25) is 0 Å². The molecule has 0 radical (unpaired) electrons. The van der Waals surface area contributed by atoms with E-state index in [1.165, 1.54) is 4.31 Å². The predicted octanol–water partition coefficient (Wildman–Crippen LogP) is -0.346. The molecule has 6 heteroatoms. The Labute approximate surface area is 91.2 Å². The van der Waals surface area contributed by atoms with Crippen molar-refractivity contribution >= 4 is 10.2 Å². The zero-order valence-corrected chi connectivity index (χ0v) is 9.89. The monoisotopic (exact) mass is 233 g/mol. The number of hydrogen-bond donors (Lipinski definition) is 2. The van der Waals surface area contributed by atoms with E-state index in [1.54, 1.807) is 0 Å². The summed E-state index contributed by atoms with van der Waals surface area (Å²) in [6.07, 6.45) is 2.76. The van der Waals surface area contributed by atoms with Gasteiger partial charge in [0.15, 0.2) is 0 Å². The molecule has 15 heavy (non-hydrogen) atoms. The molecule has 88 valence electrons. The van der Waals surface area contributed by atoms with Crippen molar-refractivity contribution in [2.24, 2.45) is 10.6 Å². The zero-order chi connectivity index (χ0) is 11.1. The average Bonchev–Trinajstić information content (AvgIpc) is 1.95. The number of nitrogens with zero attached hydrogens (tertiary/aromatic N) is 1. The van der Waals surface area contributed by atoms with Crippen LogP contribution in [0.25, 0.3) is 0 Å². The van der Waals surface area contributed by atoms with Gasteiger partial charge in [-0.25, -0.2) is 5.14 Å². The minimum atomic E-state index is -3.51. The van der Waals surface area contributed by atoms with Crippen LogP contribution in [-0.2, 0) is 10.2 Å². The Balaban J connectivity index is 1.96. The van der Waals surface area contributed by atoms with E-state index < -0.39 is 10.2 Å². The van der Waals surface area contributed by atoms with Crippen molar-refractivity contribution in [1.29, 1.82) is 0 Å². The van der Waals surface area contributed by atoms with E-state index in [0.717, 1.165) is 32.4 Å². The second kappa shape index (κ2) is 3.69. The van der Waals surface area contributed by atoms with Crippen LogP contribution in [0.3, 0.4) is 0 Å². The molecule has 2 aliphatic rings.